The minimum atomic E-state index is -0.140. The Morgan fingerprint density at radius 1 is 0.857 bits per heavy atom. The van der Waals surface area contributed by atoms with E-state index in [2.05, 4.69) is 0 Å². The molecule has 3 heterocycles. The standard InChI is InChI=1S/C16H12O5/c17-8-1-2-12-10(3-8)16-11(6-18-12)9-4-14-15(20-7-19-14)5-13(9)21-16/h1-5,11,16-17H,6-7H2/t11-,16-/m0/s1. The Morgan fingerprint density at radius 3 is 2.62 bits per heavy atom. The minimum absolute atomic E-state index is 0.101. The Labute approximate surface area is 120 Å². The van der Waals surface area contributed by atoms with Crippen molar-refractivity contribution in [3.8, 4) is 28.7 Å². The smallest absolute Gasteiger partial charge is 0.231 e. The fourth-order valence-corrected chi connectivity index (χ4v) is 3.24. The zero-order chi connectivity index (χ0) is 14.0. The molecule has 0 bridgehead atoms. The quantitative estimate of drug-likeness (QED) is 0.806. The van der Waals surface area contributed by atoms with Gasteiger partial charge in [-0.3, -0.25) is 0 Å². The highest BCUT2D eigenvalue weighted by molar-refractivity contribution is 5.57. The van der Waals surface area contributed by atoms with Crippen LogP contribution in [0.4, 0.5) is 0 Å². The largest absolute Gasteiger partial charge is 0.508 e. The van der Waals surface area contributed by atoms with Gasteiger partial charge >= 0.3 is 0 Å². The van der Waals surface area contributed by atoms with Crippen LogP contribution in [0.3, 0.4) is 0 Å². The van der Waals surface area contributed by atoms with Crippen LogP contribution in [0.25, 0.3) is 0 Å². The van der Waals surface area contributed by atoms with Crippen LogP contribution in [0.2, 0.25) is 0 Å². The van der Waals surface area contributed by atoms with Crippen molar-refractivity contribution in [2.24, 2.45) is 0 Å². The van der Waals surface area contributed by atoms with Crippen molar-refractivity contribution in [1.82, 2.24) is 0 Å². The van der Waals surface area contributed by atoms with Gasteiger partial charge in [-0.05, 0) is 24.3 Å². The maximum absolute atomic E-state index is 9.71. The van der Waals surface area contributed by atoms with Crippen molar-refractivity contribution < 1.29 is 24.1 Å². The molecule has 5 nitrogen and oxygen atoms in total. The summed E-state index contributed by atoms with van der Waals surface area (Å²) in [4.78, 5) is 0. The van der Waals surface area contributed by atoms with Crippen molar-refractivity contribution in [2.45, 2.75) is 12.0 Å². The fourth-order valence-electron chi connectivity index (χ4n) is 3.24. The first kappa shape index (κ1) is 11.1. The second-order valence-electron chi connectivity index (χ2n) is 5.42. The van der Waals surface area contributed by atoms with E-state index in [4.69, 9.17) is 18.9 Å². The van der Waals surface area contributed by atoms with Crippen molar-refractivity contribution in [2.75, 3.05) is 13.4 Å². The van der Waals surface area contributed by atoms with Crippen LogP contribution in [0.15, 0.2) is 30.3 Å². The topological polar surface area (TPSA) is 57.2 Å². The lowest BCUT2D eigenvalue weighted by Crippen LogP contribution is -2.23. The molecule has 5 heteroatoms. The van der Waals surface area contributed by atoms with Crippen LogP contribution in [0.5, 0.6) is 28.7 Å². The van der Waals surface area contributed by atoms with Gasteiger partial charge in [0.1, 0.15) is 23.4 Å². The normalized spacial score (nSPS) is 23.6. The van der Waals surface area contributed by atoms with E-state index in [0.717, 1.165) is 28.4 Å². The predicted octanol–water partition coefficient (Wildman–Crippen LogP) is 2.73. The van der Waals surface area contributed by atoms with Crippen LogP contribution in [0, 0.1) is 0 Å². The van der Waals surface area contributed by atoms with Gasteiger partial charge < -0.3 is 24.1 Å². The van der Waals surface area contributed by atoms with E-state index in [-0.39, 0.29) is 24.6 Å². The molecule has 0 radical (unpaired) electrons. The van der Waals surface area contributed by atoms with Crippen molar-refractivity contribution in [3.63, 3.8) is 0 Å². The Bertz CT molecular complexity index is 755. The molecular weight excluding hydrogens is 272 g/mol. The fraction of sp³-hybridized carbons (Fsp3) is 0.250. The summed E-state index contributed by atoms with van der Waals surface area (Å²) in [6, 6.07) is 8.95. The van der Waals surface area contributed by atoms with Gasteiger partial charge in [-0.25, -0.2) is 0 Å². The summed E-state index contributed by atoms with van der Waals surface area (Å²) in [5.41, 5.74) is 1.95. The zero-order valence-corrected chi connectivity index (χ0v) is 11.0. The number of phenolic OH excluding ortho intramolecular Hbond substituents is 1. The van der Waals surface area contributed by atoms with Crippen LogP contribution >= 0.6 is 0 Å². The van der Waals surface area contributed by atoms with E-state index in [1.165, 1.54) is 0 Å². The summed E-state index contributed by atoms with van der Waals surface area (Å²) in [6.07, 6.45) is -0.140. The van der Waals surface area contributed by atoms with Crippen molar-refractivity contribution >= 4 is 0 Å². The van der Waals surface area contributed by atoms with Gasteiger partial charge in [-0.15, -0.1) is 0 Å². The van der Waals surface area contributed by atoms with Gasteiger partial charge in [0.2, 0.25) is 6.79 Å². The number of rotatable bonds is 0. The molecule has 0 aromatic heterocycles. The lowest BCUT2D eigenvalue weighted by atomic mass is 9.89. The molecule has 1 N–H and O–H groups in total. The number of phenols is 1. The molecule has 3 aliphatic heterocycles. The molecule has 2 aromatic rings. The third kappa shape index (κ3) is 1.46. The predicted molar refractivity (Wildman–Crippen MR) is 72.3 cm³/mol. The number of fused-ring (bicyclic) bond motifs is 6. The summed E-state index contributed by atoms with van der Waals surface area (Å²) in [7, 11) is 0. The Balaban J connectivity index is 1.63. The molecule has 0 unspecified atom stereocenters. The van der Waals surface area contributed by atoms with Gasteiger partial charge in [0.15, 0.2) is 11.5 Å². The van der Waals surface area contributed by atoms with Crippen LogP contribution in [0.1, 0.15) is 23.1 Å². The van der Waals surface area contributed by atoms with E-state index in [1.54, 1.807) is 18.2 Å². The number of benzene rings is 2. The van der Waals surface area contributed by atoms with Gasteiger partial charge in [-0.1, -0.05) is 0 Å². The highest BCUT2D eigenvalue weighted by Gasteiger charge is 2.42. The summed E-state index contributed by atoms with van der Waals surface area (Å²) in [5, 5.41) is 9.71. The molecule has 3 aliphatic rings. The van der Waals surface area contributed by atoms with Gasteiger partial charge in [0.05, 0.1) is 12.5 Å². The molecule has 0 saturated carbocycles. The molecule has 5 rings (SSSR count). The van der Waals surface area contributed by atoms with Crippen LogP contribution < -0.4 is 18.9 Å². The van der Waals surface area contributed by atoms with Crippen LogP contribution in [-0.4, -0.2) is 18.5 Å². The van der Waals surface area contributed by atoms with Gasteiger partial charge in [0.25, 0.3) is 0 Å². The average molecular weight is 284 g/mol. The number of ether oxygens (including phenoxy) is 4. The summed E-state index contributed by atoms with van der Waals surface area (Å²) in [6.45, 7) is 0.800. The molecule has 0 aliphatic carbocycles. The first-order valence-electron chi connectivity index (χ1n) is 6.85. The molecular formula is C16H12O5. The second kappa shape index (κ2) is 3.75. The van der Waals surface area contributed by atoms with Crippen LogP contribution in [-0.2, 0) is 0 Å². The molecule has 106 valence electrons. The highest BCUT2D eigenvalue weighted by atomic mass is 16.7. The van der Waals surface area contributed by atoms with Crippen molar-refractivity contribution in [3.05, 3.63) is 41.5 Å². The average Bonchev–Trinajstić information content (AvgIpc) is 3.08. The molecule has 2 aromatic carbocycles. The first-order chi connectivity index (χ1) is 10.3. The Kier molecular flexibility index (Phi) is 1.99. The van der Waals surface area contributed by atoms with E-state index in [1.807, 2.05) is 12.1 Å². The molecule has 0 spiro atoms. The Morgan fingerprint density at radius 2 is 1.71 bits per heavy atom. The summed E-state index contributed by atoms with van der Waals surface area (Å²) >= 11 is 0. The third-order valence-corrected chi connectivity index (χ3v) is 4.24. The lowest BCUT2D eigenvalue weighted by Gasteiger charge is -2.27. The molecule has 0 saturated heterocycles. The molecule has 0 fully saturated rings. The SMILES string of the molecule is Oc1ccc2c(c1)[C@@H]1Oc3cc4c(cc3[C@@H]1CO2)OCO4. The molecule has 2 atom stereocenters. The number of hydrogen-bond donors (Lipinski definition) is 1. The minimum Gasteiger partial charge on any atom is -0.508 e. The summed E-state index contributed by atoms with van der Waals surface area (Å²) < 4.78 is 22.7. The Hall–Kier alpha value is -2.56. The highest BCUT2D eigenvalue weighted by Crippen LogP contribution is 2.54. The lowest BCUT2D eigenvalue weighted by molar-refractivity contribution is 0.138. The van der Waals surface area contributed by atoms with Gasteiger partial charge in [0, 0.05) is 17.2 Å². The molecule has 21 heavy (non-hydrogen) atoms. The van der Waals surface area contributed by atoms with E-state index >= 15 is 0 Å². The molecule has 0 amide bonds. The van der Waals surface area contributed by atoms with Crippen molar-refractivity contribution in [1.29, 1.82) is 0 Å². The van der Waals surface area contributed by atoms with E-state index in [0.29, 0.717) is 12.4 Å². The third-order valence-electron chi connectivity index (χ3n) is 4.24. The summed E-state index contributed by atoms with van der Waals surface area (Å²) in [5.74, 6) is 3.34. The number of hydrogen-bond acceptors (Lipinski definition) is 5. The maximum Gasteiger partial charge on any atom is 0.231 e. The first-order valence-corrected chi connectivity index (χ1v) is 6.85. The monoisotopic (exact) mass is 284 g/mol. The van der Waals surface area contributed by atoms with E-state index in [9.17, 15) is 5.11 Å². The zero-order valence-electron chi connectivity index (χ0n) is 11.0. The van der Waals surface area contributed by atoms with E-state index < -0.39 is 0 Å². The second-order valence-corrected chi connectivity index (χ2v) is 5.42. The van der Waals surface area contributed by atoms with Gasteiger partial charge in [-0.2, -0.15) is 0 Å². The maximum atomic E-state index is 9.71. The number of aromatic hydroxyl groups is 1.